The Morgan fingerprint density at radius 1 is 1.14 bits per heavy atom. The molecule has 0 spiro atoms. The summed E-state index contributed by atoms with van der Waals surface area (Å²) >= 11 is 0. The molecule has 1 rings (SSSR count). The first-order valence-corrected chi connectivity index (χ1v) is 6.84. The highest BCUT2D eigenvalue weighted by Crippen LogP contribution is 2.02. The number of amides is 2. The molecule has 0 bridgehead atoms. The minimum atomic E-state index is -1.04. The first-order chi connectivity index (χ1) is 10.0. The maximum Gasteiger partial charge on any atom is 0.326 e. The molecule has 21 heavy (non-hydrogen) atoms. The number of rotatable bonds is 8. The van der Waals surface area contributed by atoms with Crippen LogP contribution in [-0.4, -0.2) is 35.5 Å². The normalized spacial score (nSPS) is 11.5. The minimum absolute atomic E-state index is 0.146. The molecule has 0 aromatic heterocycles. The van der Waals surface area contributed by atoms with Gasteiger partial charge in [0.2, 0.25) is 5.91 Å². The summed E-state index contributed by atoms with van der Waals surface area (Å²) in [7, 11) is 0. The Morgan fingerprint density at radius 2 is 1.81 bits per heavy atom. The van der Waals surface area contributed by atoms with Gasteiger partial charge in [-0.25, -0.2) is 4.79 Å². The van der Waals surface area contributed by atoms with Crippen molar-refractivity contribution in [3.05, 3.63) is 35.9 Å². The van der Waals surface area contributed by atoms with Gasteiger partial charge in [0.05, 0.1) is 0 Å². The fraction of sp³-hybridized carbons (Fsp3) is 0.400. The Hall–Kier alpha value is -2.37. The molecule has 0 fully saturated rings. The Kier molecular flexibility index (Phi) is 6.94. The molecule has 0 aliphatic heterocycles. The van der Waals surface area contributed by atoms with Crippen molar-refractivity contribution in [1.29, 1.82) is 0 Å². The van der Waals surface area contributed by atoms with Gasteiger partial charge in [0, 0.05) is 19.0 Å². The van der Waals surface area contributed by atoms with E-state index in [0.29, 0.717) is 31.4 Å². The molecule has 0 aliphatic carbocycles. The molecule has 1 aromatic carbocycles. The topological polar surface area (TPSA) is 95.5 Å². The van der Waals surface area contributed by atoms with E-state index in [1.54, 1.807) is 24.3 Å². The second-order valence-electron chi connectivity index (χ2n) is 4.71. The van der Waals surface area contributed by atoms with Crippen molar-refractivity contribution in [2.75, 3.05) is 6.54 Å². The third kappa shape index (κ3) is 6.56. The number of unbranched alkanes of at least 4 members (excludes halogenated alkanes) is 1. The average molecular weight is 292 g/mol. The van der Waals surface area contributed by atoms with Crippen LogP contribution in [0.15, 0.2) is 30.3 Å². The van der Waals surface area contributed by atoms with Crippen molar-refractivity contribution in [2.24, 2.45) is 0 Å². The highest BCUT2D eigenvalue weighted by molar-refractivity contribution is 5.94. The second-order valence-corrected chi connectivity index (χ2v) is 4.71. The molecule has 0 saturated carbocycles. The maximum absolute atomic E-state index is 11.7. The molecule has 2 amide bonds. The summed E-state index contributed by atoms with van der Waals surface area (Å²) in [5.41, 5.74) is 0.596. The number of nitrogens with one attached hydrogen (secondary N) is 2. The van der Waals surface area contributed by atoms with Gasteiger partial charge < -0.3 is 15.7 Å². The van der Waals surface area contributed by atoms with Crippen molar-refractivity contribution in [1.82, 2.24) is 10.6 Å². The molecule has 0 aliphatic rings. The summed E-state index contributed by atoms with van der Waals surface area (Å²) in [5, 5.41) is 14.1. The van der Waals surface area contributed by atoms with E-state index in [2.05, 4.69) is 10.6 Å². The van der Waals surface area contributed by atoms with Crippen LogP contribution in [0.5, 0.6) is 0 Å². The summed E-state index contributed by atoms with van der Waals surface area (Å²) in [6.07, 6.45) is 1.60. The number of benzene rings is 1. The first-order valence-electron chi connectivity index (χ1n) is 6.84. The van der Waals surface area contributed by atoms with Crippen LogP contribution in [0.4, 0.5) is 0 Å². The number of hydrogen-bond acceptors (Lipinski definition) is 3. The Morgan fingerprint density at radius 3 is 2.38 bits per heavy atom. The van der Waals surface area contributed by atoms with E-state index < -0.39 is 12.0 Å². The zero-order chi connectivity index (χ0) is 15.7. The van der Waals surface area contributed by atoms with Gasteiger partial charge in [-0.1, -0.05) is 18.2 Å². The molecule has 1 atom stereocenters. The van der Waals surface area contributed by atoms with Crippen LogP contribution in [0.3, 0.4) is 0 Å². The van der Waals surface area contributed by atoms with Gasteiger partial charge in [-0.05, 0) is 31.4 Å². The molecule has 114 valence electrons. The maximum atomic E-state index is 11.7. The molecule has 1 aromatic rings. The lowest BCUT2D eigenvalue weighted by Crippen LogP contribution is -2.39. The third-order valence-corrected chi connectivity index (χ3v) is 2.92. The molecule has 6 heteroatoms. The number of hydrogen-bond donors (Lipinski definition) is 3. The molecule has 0 heterocycles. The van der Waals surface area contributed by atoms with Crippen molar-refractivity contribution >= 4 is 17.8 Å². The number of aliphatic carboxylic acids is 1. The zero-order valence-corrected chi connectivity index (χ0v) is 12.0. The molecule has 1 unspecified atom stereocenters. The zero-order valence-electron chi connectivity index (χ0n) is 12.0. The molecular formula is C15H20N2O4. The standard InChI is InChI=1S/C15H20N2O4/c1-11(18)17-13(15(20)21)9-5-6-10-16-14(19)12-7-3-2-4-8-12/h2-4,7-8,13H,5-6,9-10H2,1H3,(H,16,19)(H,17,18)(H,20,21). The minimum Gasteiger partial charge on any atom is -0.480 e. The number of carboxylic acids is 1. The third-order valence-electron chi connectivity index (χ3n) is 2.92. The Labute approximate surface area is 123 Å². The smallest absolute Gasteiger partial charge is 0.326 e. The van der Waals surface area contributed by atoms with E-state index in [4.69, 9.17) is 5.11 Å². The van der Waals surface area contributed by atoms with Gasteiger partial charge in [-0.3, -0.25) is 9.59 Å². The summed E-state index contributed by atoms with van der Waals surface area (Å²) in [4.78, 5) is 33.5. The van der Waals surface area contributed by atoms with Crippen molar-refractivity contribution in [3.63, 3.8) is 0 Å². The highest BCUT2D eigenvalue weighted by atomic mass is 16.4. The van der Waals surface area contributed by atoms with Gasteiger partial charge in [-0.2, -0.15) is 0 Å². The van der Waals surface area contributed by atoms with Crippen LogP contribution in [0, 0.1) is 0 Å². The Bertz CT molecular complexity index is 488. The quantitative estimate of drug-likeness (QED) is 0.627. The summed E-state index contributed by atoms with van der Waals surface area (Å²) in [6.45, 7) is 1.76. The van der Waals surface area contributed by atoms with E-state index >= 15 is 0 Å². The Balaban J connectivity index is 2.23. The van der Waals surface area contributed by atoms with E-state index in [-0.39, 0.29) is 11.8 Å². The molecule has 3 N–H and O–H groups in total. The predicted molar refractivity (Wildman–Crippen MR) is 77.9 cm³/mol. The van der Waals surface area contributed by atoms with Crippen LogP contribution in [-0.2, 0) is 9.59 Å². The van der Waals surface area contributed by atoms with Crippen LogP contribution < -0.4 is 10.6 Å². The number of carboxylic acid groups (broad SMARTS) is 1. The van der Waals surface area contributed by atoms with Crippen LogP contribution in [0.25, 0.3) is 0 Å². The van der Waals surface area contributed by atoms with Crippen molar-refractivity contribution in [2.45, 2.75) is 32.2 Å². The molecule has 0 radical (unpaired) electrons. The van der Waals surface area contributed by atoms with Gasteiger partial charge >= 0.3 is 5.97 Å². The van der Waals surface area contributed by atoms with E-state index in [1.165, 1.54) is 6.92 Å². The molecular weight excluding hydrogens is 272 g/mol. The van der Waals surface area contributed by atoms with E-state index in [0.717, 1.165) is 0 Å². The van der Waals surface area contributed by atoms with Crippen LogP contribution in [0.2, 0.25) is 0 Å². The molecule has 6 nitrogen and oxygen atoms in total. The van der Waals surface area contributed by atoms with Gasteiger partial charge in [0.1, 0.15) is 6.04 Å². The van der Waals surface area contributed by atoms with Crippen molar-refractivity contribution in [3.8, 4) is 0 Å². The van der Waals surface area contributed by atoms with E-state index in [1.807, 2.05) is 6.07 Å². The predicted octanol–water partition coefficient (Wildman–Crippen LogP) is 1.18. The SMILES string of the molecule is CC(=O)NC(CCCCNC(=O)c1ccccc1)C(=O)O. The molecule has 0 saturated heterocycles. The first kappa shape index (κ1) is 16.7. The van der Waals surface area contributed by atoms with Crippen LogP contribution >= 0.6 is 0 Å². The summed E-state index contributed by atoms with van der Waals surface area (Å²) < 4.78 is 0. The van der Waals surface area contributed by atoms with Gasteiger partial charge in [0.15, 0.2) is 0 Å². The van der Waals surface area contributed by atoms with Crippen molar-refractivity contribution < 1.29 is 19.5 Å². The summed E-state index contributed by atoms with van der Waals surface area (Å²) in [5.74, 6) is -1.55. The lowest BCUT2D eigenvalue weighted by atomic mass is 10.1. The fourth-order valence-electron chi connectivity index (χ4n) is 1.87. The largest absolute Gasteiger partial charge is 0.480 e. The monoisotopic (exact) mass is 292 g/mol. The summed E-state index contributed by atoms with van der Waals surface area (Å²) in [6, 6.07) is 8.01. The lowest BCUT2D eigenvalue weighted by Gasteiger charge is -2.13. The fourth-order valence-corrected chi connectivity index (χ4v) is 1.87. The van der Waals surface area contributed by atoms with Crippen LogP contribution in [0.1, 0.15) is 36.5 Å². The second kappa shape index (κ2) is 8.73. The van der Waals surface area contributed by atoms with E-state index in [9.17, 15) is 14.4 Å². The van der Waals surface area contributed by atoms with Gasteiger partial charge in [-0.15, -0.1) is 0 Å². The lowest BCUT2D eigenvalue weighted by molar-refractivity contribution is -0.141. The average Bonchev–Trinajstić information content (AvgIpc) is 2.45. The van der Waals surface area contributed by atoms with Gasteiger partial charge in [0.25, 0.3) is 5.91 Å². The number of carbonyl (C=O) groups is 3. The highest BCUT2D eigenvalue weighted by Gasteiger charge is 2.17. The number of carbonyl (C=O) groups excluding carboxylic acids is 2.